The van der Waals surface area contributed by atoms with E-state index in [-0.39, 0.29) is 11.6 Å². The highest BCUT2D eigenvalue weighted by molar-refractivity contribution is 7.99. The van der Waals surface area contributed by atoms with Crippen molar-refractivity contribution >= 4 is 23.6 Å². The van der Waals surface area contributed by atoms with Crippen molar-refractivity contribution in [3.8, 4) is 0 Å². The molecular weight excluding hydrogens is 254 g/mol. The summed E-state index contributed by atoms with van der Waals surface area (Å²) in [5.41, 5.74) is -0.0924. The lowest BCUT2D eigenvalue weighted by Gasteiger charge is -2.14. The van der Waals surface area contributed by atoms with Crippen LogP contribution < -0.4 is 0 Å². The van der Waals surface area contributed by atoms with Gasteiger partial charge in [0.15, 0.2) is 5.69 Å². The number of rotatable bonds is 4. The van der Waals surface area contributed by atoms with E-state index < -0.39 is 5.97 Å². The molecule has 7 heteroatoms. The number of thioether (sulfide) groups is 1. The second-order valence-electron chi connectivity index (χ2n) is 3.92. The van der Waals surface area contributed by atoms with Crippen LogP contribution in [0.4, 0.5) is 0 Å². The van der Waals surface area contributed by atoms with Gasteiger partial charge in [0.25, 0.3) is 0 Å². The highest BCUT2D eigenvalue weighted by Crippen LogP contribution is 2.16. The molecule has 0 spiro atoms. The first-order chi connectivity index (χ1) is 8.66. The Bertz CT molecular complexity index is 443. The molecule has 0 unspecified atom stereocenters. The molecule has 18 heavy (non-hydrogen) atoms. The van der Waals surface area contributed by atoms with Crippen LogP contribution in [0.2, 0.25) is 0 Å². The molecule has 0 aliphatic carbocycles. The lowest BCUT2D eigenvalue weighted by molar-refractivity contribution is -0.127. The zero-order chi connectivity index (χ0) is 13.0. The maximum absolute atomic E-state index is 11.8. The Balaban J connectivity index is 1.86. The number of aromatic carboxylic acids is 1. The van der Waals surface area contributed by atoms with Gasteiger partial charge in [0.1, 0.15) is 5.03 Å². The fourth-order valence-corrected chi connectivity index (χ4v) is 2.40. The number of likely N-dealkylation sites (tertiary alicyclic amines) is 1. The topological polar surface area (TPSA) is 83.4 Å². The minimum atomic E-state index is -1.10. The first kappa shape index (κ1) is 12.8. The largest absolute Gasteiger partial charge is 0.476 e. The van der Waals surface area contributed by atoms with Crippen molar-refractivity contribution in [3.05, 3.63) is 18.1 Å². The summed E-state index contributed by atoms with van der Waals surface area (Å²) in [6.07, 6.45) is 4.73. The molecule has 1 aliphatic heterocycles. The molecular formula is C11H13N3O3S. The predicted molar refractivity (Wildman–Crippen MR) is 65.5 cm³/mol. The van der Waals surface area contributed by atoms with Crippen molar-refractivity contribution in [2.75, 3.05) is 18.8 Å². The summed E-state index contributed by atoms with van der Waals surface area (Å²) in [5.74, 6) is -0.685. The van der Waals surface area contributed by atoms with Crippen molar-refractivity contribution < 1.29 is 14.7 Å². The number of carboxylic acid groups (broad SMARTS) is 1. The van der Waals surface area contributed by atoms with Crippen LogP contribution in [0.15, 0.2) is 17.4 Å². The Kier molecular flexibility index (Phi) is 4.14. The molecule has 0 saturated carbocycles. The summed E-state index contributed by atoms with van der Waals surface area (Å²) < 4.78 is 0. The number of carbonyl (C=O) groups excluding carboxylic acids is 1. The Morgan fingerprint density at radius 3 is 2.56 bits per heavy atom. The van der Waals surface area contributed by atoms with E-state index in [1.165, 1.54) is 24.2 Å². The van der Waals surface area contributed by atoms with E-state index in [4.69, 9.17) is 5.11 Å². The normalized spacial score (nSPS) is 14.8. The molecule has 1 amide bonds. The van der Waals surface area contributed by atoms with Crippen molar-refractivity contribution in [2.45, 2.75) is 17.9 Å². The molecule has 1 aromatic heterocycles. The van der Waals surface area contributed by atoms with Crippen LogP contribution in [-0.4, -0.2) is 50.7 Å². The third-order valence-corrected chi connectivity index (χ3v) is 3.55. The Labute approximate surface area is 108 Å². The highest BCUT2D eigenvalue weighted by atomic mass is 32.2. The van der Waals surface area contributed by atoms with E-state index in [1.807, 2.05) is 4.90 Å². The number of nitrogens with zero attached hydrogens (tertiary/aromatic N) is 3. The lowest BCUT2D eigenvalue weighted by Crippen LogP contribution is -2.29. The molecule has 1 N–H and O–H groups in total. The number of aromatic nitrogens is 2. The van der Waals surface area contributed by atoms with Gasteiger partial charge in [-0.1, -0.05) is 11.8 Å². The molecule has 0 aromatic carbocycles. The van der Waals surface area contributed by atoms with Gasteiger partial charge in [-0.05, 0) is 12.8 Å². The summed E-state index contributed by atoms with van der Waals surface area (Å²) in [5, 5.41) is 9.23. The summed E-state index contributed by atoms with van der Waals surface area (Å²) >= 11 is 1.28. The van der Waals surface area contributed by atoms with Gasteiger partial charge in [-0.25, -0.2) is 14.8 Å². The average Bonchev–Trinajstić information content (AvgIpc) is 2.90. The Morgan fingerprint density at radius 2 is 2.00 bits per heavy atom. The van der Waals surface area contributed by atoms with Crippen LogP contribution in [0.25, 0.3) is 0 Å². The molecule has 1 saturated heterocycles. The van der Waals surface area contributed by atoms with E-state index in [9.17, 15) is 9.59 Å². The van der Waals surface area contributed by atoms with E-state index in [1.54, 1.807) is 0 Å². The van der Waals surface area contributed by atoms with Crippen LogP contribution in [0.5, 0.6) is 0 Å². The third kappa shape index (κ3) is 3.19. The van der Waals surface area contributed by atoms with E-state index in [2.05, 4.69) is 9.97 Å². The predicted octanol–water partition coefficient (Wildman–Crippen LogP) is 0.889. The number of amides is 1. The van der Waals surface area contributed by atoms with Crippen LogP contribution in [-0.2, 0) is 4.79 Å². The van der Waals surface area contributed by atoms with E-state index >= 15 is 0 Å². The van der Waals surface area contributed by atoms with Gasteiger partial charge in [0.2, 0.25) is 5.91 Å². The highest BCUT2D eigenvalue weighted by Gasteiger charge is 2.18. The maximum Gasteiger partial charge on any atom is 0.356 e. The molecule has 1 fully saturated rings. The molecule has 0 atom stereocenters. The van der Waals surface area contributed by atoms with E-state index in [0.29, 0.717) is 10.8 Å². The van der Waals surface area contributed by atoms with Crippen LogP contribution >= 0.6 is 11.8 Å². The van der Waals surface area contributed by atoms with Gasteiger partial charge in [-0.3, -0.25) is 4.79 Å². The second-order valence-corrected chi connectivity index (χ2v) is 4.92. The van der Waals surface area contributed by atoms with Crippen molar-refractivity contribution in [2.24, 2.45) is 0 Å². The van der Waals surface area contributed by atoms with E-state index in [0.717, 1.165) is 25.9 Å². The van der Waals surface area contributed by atoms with Crippen molar-refractivity contribution in [1.29, 1.82) is 0 Å². The minimum absolute atomic E-state index is 0.0924. The Morgan fingerprint density at radius 1 is 1.28 bits per heavy atom. The monoisotopic (exact) mass is 267 g/mol. The van der Waals surface area contributed by atoms with Gasteiger partial charge < -0.3 is 10.0 Å². The summed E-state index contributed by atoms with van der Waals surface area (Å²) in [6.45, 7) is 1.67. The van der Waals surface area contributed by atoms with Crippen LogP contribution in [0, 0.1) is 0 Å². The molecule has 2 heterocycles. The quantitative estimate of drug-likeness (QED) is 0.816. The molecule has 1 aliphatic rings. The van der Waals surface area contributed by atoms with Crippen molar-refractivity contribution in [1.82, 2.24) is 14.9 Å². The second kappa shape index (κ2) is 5.81. The van der Waals surface area contributed by atoms with Crippen molar-refractivity contribution in [3.63, 3.8) is 0 Å². The fraction of sp³-hybridized carbons (Fsp3) is 0.455. The standard InChI is InChI=1S/C11H13N3O3S/c15-10(14-3-1-2-4-14)7-18-9-6-12-8(5-13-9)11(16)17/h5-6H,1-4,7H2,(H,16,17). The Hall–Kier alpha value is -1.63. The van der Waals surface area contributed by atoms with Gasteiger partial charge in [0.05, 0.1) is 18.1 Å². The molecule has 6 nitrogen and oxygen atoms in total. The maximum atomic E-state index is 11.8. The number of hydrogen-bond acceptors (Lipinski definition) is 5. The van der Waals surface area contributed by atoms with Gasteiger partial charge >= 0.3 is 5.97 Å². The molecule has 1 aromatic rings. The fourth-order valence-electron chi connectivity index (χ4n) is 1.69. The number of hydrogen-bond donors (Lipinski definition) is 1. The van der Waals surface area contributed by atoms with Gasteiger partial charge in [0, 0.05) is 13.1 Å². The minimum Gasteiger partial charge on any atom is -0.476 e. The third-order valence-electron chi connectivity index (χ3n) is 2.65. The summed E-state index contributed by atoms with van der Waals surface area (Å²) in [6, 6.07) is 0. The SMILES string of the molecule is O=C(O)c1cnc(SCC(=O)N2CCCC2)cn1. The molecule has 0 bridgehead atoms. The average molecular weight is 267 g/mol. The summed E-state index contributed by atoms with van der Waals surface area (Å²) in [4.78, 5) is 31.9. The number of carbonyl (C=O) groups is 2. The first-order valence-corrected chi connectivity index (χ1v) is 6.61. The first-order valence-electron chi connectivity index (χ1n) is 5.63. The number of carboxylic acids is 1. The molecule has 0 radical (unpaired) electrons. The molecule has 96 valence electrons. The van der Waals surface area contributed by atoms with Gasteiger partial charge in [-0.2, -0.15) is 0 Å². The zero-order valence-corrected chi connectivity index (χ0v) is 10.5. The lowest BCUT2D eigenvalue weighted by atomic mass is 10.4. The van der Waals surface area contributed by atoms with Crippen LogP contribution in [0.3, 0.4) is 0 Å². The van der Waals surface area contributed by atoms with Crippen LogP contribution in [0.1, 0.15) is 23.3 Å². The zero-order valence-electron chi connectivity index (χ0n) is 9.70. The van der Waals surface area contributed by atoms with Gasteiger partial charge in [-0.15, -0.1) is 0 Å². The smallest absolute Gasteiger partial charge is 0.356 e. The molecule has 2 rings (SSSR count). The summed E-state index contributed by atoms with van der Waals surface area (Å²) in [7, 11) is 0.